The lowest BCUT2D eigenvalue weighted by Gasteiger charge is -2.33. The van der Waals surface area contributed by atoms with E-state index in [-0.39, 0.29) is 6.10 Å². The van der Waals surface area contributed by atoms with E-state index in [4.69, 9.17) is 4.74 Å². The van der Waals surface area contributed by atoms with Crippen molar-refractivity contribution in [3.8, 4) is 6.01 Å². The number of piperidine rings is 1. The van der Waals surface area contributed by atoms with Gasteiger partial charge >= 0.3 is 6.01 Å². The van der Waals surface area contributed by atoms with E-state index < -0.39 is 0 Å². The Morgan fingerprint density at radius 2 is 2.05 bits per heavy atom. The highest BCUT2D eigenvalue weighted by Gasteiger charge is 2.22. The lowest BCUT2D eigenvalue weighted by molar-refractivity contribution is 0.221. The van der Waals surface area contributed by atoms with Crippen LogP contribution in [0.5, 0.6) is 6.01 Å². The van der Waals surface area contributed by atoms with E-state index in [2.05, 4.69) is 32.1 Å². The zero-order valence-corrected chi connectivity index (χ0v) is 12.2. The molecule has 0 amide bonds. The van der Waals surface area contributed by atoms with Gasteiger partial charge in [-0.15, -0.1) is 0 Å². The van der Waals surface area contributed by atoms with Crippen LogP contribution in [0.4, 0.5) is 11.9 Å². The highest BCUT2D eigenvalue weighted by molar-refractivity contribution is 5.39. The van der Waals surface area contributed by atoms with Gasteiger partial charge in [-0.05, 0) is 40.0 Å². The van der Waals surface area contributed by atoms with Gasteiger partial charge in [0, 0.05) is 19.6 Å². The van der Waals surface area contributed by atoms with Crippen LogP contribution in [0.1, 0.15) is 40.0 Å². The fourth-order valence-electron chi connectivity index (χ4n) is 2.24. The molecule has 0 aromatic carbocycles. The number of rotatable bonds is 4. The van der Waals surface area contributed by atoms with Crippen molar-refractivity contribution in [2.75, 3.05) is 23.8 Å². The lowest BCUT2D eigenvalue weighted by Crippen LogP contribution is -2.38. The molecule has 0 radical (unpaired) electrons. The second-order valence-electron chi connectivity index (χ2n) is 5.20. The van der Waals surface area contributed by atoms with Crippen molar-refractivity contribution >= 4 is 11.9 Å². The summed E-state index contributed by atoms with van der Waals surface area (Å²) in [5.41, 5.74) is 0. The van der Waals surface area contributed by atoms with Crippen molar-refractivity contribution in [2.45, 2.75) is 52.2 Å². The number of hydrogen-bond donors (Lipinski definition) is 1. The van der Waals surface area contributed by atoms with E-state index in [1.54, 1.807) is 7.05 Å². The first kappa shape index (κ1) is 13.8. The Bertz CT molecular complexity index is 423. The standard InChI is InChI=1S/C13H23N5O/c1-9(2)19-13-16-11(14-4)15-12(17-13)18-8-6-5-7-10(18)3/h9-10H,5-8H2,1-4H3,(H,14,15,16,17). The number of ether oxygens (including phenoxy) is 1. The number of aromatic nitrogens is 3. The summed E-state index contributed by atoms with van der Waals surface area (Å²) in [6.07, 6.45) is 3.70. The predicted octanol–water partition coefficient (Wildman–Crippen LogP) is 2.08. The summed E-state index contributed by atoms with van der Waals surface area (Å²) in [5, 5.41) is 2.97. The van der Waals surface area contributed by atoms with E-state index in [0.29, 0.717) is 23.9 Å². The highest BCUT2D eigenvalue weighted by Crippen LogP contribution is 2.23. The van der Waals surface area contributed by atoms with E-state index >= 15 is 0 Å². The predicted molar refractivity (Wildman–Crippen MR) is 75.8 cm³/mol. The summed E-state index contributed by atoms with van der Waals surface area (Å²) in [6.45, 7) is 7.14. The minimum Gasteiger partial charge on any atom is -0.461 e. The van der Waals surface area contributed by atoms with E-state index in [1.807, 2.05) is 13.8 Å². The van der Waals surface area contributed by atoms with Crippen LogP contribution in [0.25, 0.3) is 0 Å². The van der Waals surface area contributed by atoms with Crippen molar-refractivity contribution in [1.29, 1.82) is 0 Å². The van der Waals surface area contributed by atoms with Crippen molar-refractivity contribution in [2.24, 2.45) is 0 Å². The molecule has 1 unspecified atom stereocenters. The van der Waals surface area contributed by atoms with Gasteiger partial charge in [0.25, 0.3) is 0 Å². The first-order valence-electron chi connectivity index (χ1n) is 6.97. The van der Waals surface area contributed by atoms with E-state index in [1.165, 1.54) is 19.3 Å². The molecule has 1 atom stereocenters. The first-order valence-corrected chi connectivity index (χ1v) is 6.97. The van der Waals surface area contributed by atoms with Crippen LogP contribution in [0, 0.1) is 0 Å². The van der Waals surface area contributed by atoms with Gasteiger partial charge in [0.2, 0.25) is 11.9 Å². The van der Waals surface area contributed by atoms with Gasteiger partial charge in [-0.2, -0.15) is 15.0 Å². The Labute approximate surface area is 114 Å². The van der Waals surface area contributed by atoms with Crippen molar-refractivity contribution < 1.29 is 4.74 Å². The third-order valence-corrected chi connectivity index (χ3v) is 3.23. The maximum Gasteiger partial charge on any atom is 0.323 e. The van der Waals surface area contributed by atoms with Gasteiger partial charge < -0.3 is 15.0 Å². The smallest absolute Gasteiger partial charge is 0.323 e. The molecule has 0 spiro atoms. The fourth-order valence-corrected chi connectivity index (χ4v) is 2.24. The summed E-state index contributed by atoms with van der Waals surface area (Å²) in [6, 6.07) is 0.856. The Morgan fingerprint density at radius 1 is 1.26 bits per heavy atom. The van der Waals surface area contributed by atoms with E-state index in [0.717, 1.165) is 6.54 Å². The lowest BCUT2D eigenvalue weighted by atomic mass is 10.0. The molecule has 0 bridgehead atoms. The zero-order valence-electron chi connectivity index (χ0n) is 12.2. The van der Waals surface area contributed by atoms with Gasteiger partial charge in [0.15, 0.2) is 0 Å². The van der Waals surface area contributed by atoms with Crippen molar-refractivity contribution in [3.05, 3.63) is 0 Å². The van der Waals surface area contributed by atoms with Crippen LogP contribution in [0.15, 0.2) is 0 Å². The van der Waals surface area contributed by atoms with Crippen LogP contribution < -0.4 is 15.0 Å². The summed E-state index contributed by atoms with van der Waals surface area (Å²) in [7, 11) is 1.80. The maximum atomic E-state index is 5.59. The molecule has 106 valence electrons. The van der Waals surface area contributed by atoms with Crippen LogP contribution in [0.3, 0.4) is 0 Å². The molecule has 6 nitrogen and oxygen atoms in total. The van der Waals surface area contributed by atoms with E-state index in [9.17, 15) is 0 Å². The van der Waals surface area contributed by atoms with Gasteiger partial charge in [-0.25, -0.2) is 0 Å². The van der Waals surface area contributed by atoms with Crippen LogP contribution in [-0.4, -0.2) is 40.7 Å². The van der Waals surface area contributed by atoms with Crippen molar-refractivity contribution in [3.63, 3.8) is 0 Å². The molecule has 0 aliphatic carbocycles. The minimum absolute atomic E-state index is 0.0544. The minimum atomic E-state index is 0.0544. The third-order valence-electron chi connectivity index (χ3n) is 3.23. The molecular weight excluding hydrogens is 242 g/mol. The molecule has 19 heavy (non-hydrogen) atoms. The molecule has 6 heteroatoms. The molecule has 2 heterocycles. The van der Waals surface area contributed by atoms with Gasteiger partial charge in [-0.3, -0.25) is 0 Å². The molecule has 1 N–H and O–H groups in total. The number of anilines is 2. The van der Waals surface area contributed by atoms with Crippen LogP contribution >= 0.6 is 0 Å². The van der Waals surface area contributed by atoms with Crippen molar-refractivity contribution in [1.82, 2.24) is 15.0 Å². The fraction of sp³-hybridized carbons (Fsp3) is 0.769. The molecule has 1 aromatic heterocycles. The van der Waals surface area contributed by atoms with Gasteiger partial charge in [0.05, 0.1) is 6.10 Å². The number of hydrogen-bond acceptors (Lipinski definition) is 6. The second-order valence-corrected chi connectivity index (χ2v) is 5.20. The normalized spacial score (nSPS) is 19.6. The largest absolute Gasteiger partial charge is 0.461 e. The molecule has 1 aliphatic heterocycles. The second kappa shape index (κ2) is 6.04. The monoisotopic (exact) mass is 265 g/mol. The summed E-state index contributed by atoms with van der Waals surface area (Å²) >= 11 is 0. The molecule has 1 fully saturated rings. The average Bonchev–Trinajstić information content (AvgIpc) is 2.38. The molecule has 2 rings (SSSR count). The maximum absolute atomic E-state index is 5.59. The molecule has 1 saturated heterocycles. The third kappa shape index (κ3) is 3.45. The molecule has 1 aromatic rings. The summed E-state index contributed by atoms with van der Waals surface area (Å²) < 4.78 is 5.59. The van der Waals surface area contributed by atoms with Crippen LogP contribution in [-0.2, 0) is 0 Å². The first-order chi connectivity index (χ1) is 9.10. The zero-order chi connectivity index (χ0) is 13.8. The Hall–Kier alpha value is -1.59. The van der Waals surface area contributed by atoms with Crippen LogP contribution in [0.2, 0.25) is 0 Å². The van der Waals surface area contributed by atoms with Gasteiger partial charge in [-0.1, -0.05) is 0 Å². The Morgan fingerprint density at radius 3 is 2.68 bits per heavy atom. The average molecular weight is 265 g/mol. The SMILES string of the molecule is CNc1nc(OC(C)C)nc(N2CCCCC2C)n1. The Kier molecular flexibility index (Phi) is 4.39. The summed E-state index contributed by atoms with van der Waals surface area (Å²) in [4.78, 5) is 15.3. The number of nitrogens with one attached hydrogen (secondary N) is 1. The quantitative estimate of drug-likeness (QED) is 0.899. The molecular formula is C13H23N5O. The Balaban J connectivity index is 2.27. The molecule has 0 saturated carbocycles. The molecule has 1 aliphatic rings. The summed E-state index contributed by atoms with van der Waals surface area (Å²) in [5.74, 6) is 1.26. The topological polar surface area (TPSA) is 63.2 Å². The van der Waals surface area contributed by atoms with Gasteiger partial charge in [0.1, 0.15) is 0 Å². The number of nitrogens with zero attached hydrogens (tertiary/aromatic N) is 4. The highest BCUT2D eigenvalue weighted by atomic mass is 16.5.